The summed E-state index contributed by atoms with van der Waals surface area (Å²) in [4.78, 5) is 12.7. The summed E-state index contributed by atoms with van der Waals surface area (Å²) in [6.45, 7) is 4.02. The topological polar surface area (TPSA) is 85.8 Å². The van der Waals surface area contributed by atoms with Gasteiger partial charge in [0.05, 0.1) is 5.75 Å². The minimum Gasteiger partial charge on any atom is -0.401 e. The van der Waals surface area contributed by atoms with Gasteiger partial charge in [0.25, 0.3) is 5.89 Å². The molecule has 0 atom stereocenters. The fourth-order valence-corrected chi connectivity index (χ4v) is 2.65. The van der Waals surface area contributed by atoms with Crippen LogP contribution in [0.2, 0.25) is 0 Å². The zero-order valence-corrected chi connectivity index (χ0v) is 14.5. The van der Waals surface area contributed by atoms with Crippen LogP contribution in [0.15, 0.2) is 45.8 Å². The predicted octanol–water partition coefficient (Wildman–Crippen LogP) is 3.38. The number of hydrogen-bond donors (Lipinski definition) is 1. The van der Waals surface area contributed by atoms with Gasteiger partial charge >= 0.3 is 6.01 Å². The second kappa shape index (κ2) is 7.47. The van der Waals surface area contributed by atoms with Gasteiger partial charge < -0.3 is 4.42 Å². The van der Waals surface area contributed by atoms with Gasteiger partial charge in [-0.05, 0) is 44.2 Å². The van der Waals surface area contributed by atoms with Crippen LogP contribution in [0.5, 0.6) is 0 Å². The number of aromatic nitrogens is 4. The molecule has 7 nitrogen and oxygen atoms in total. The van der Waals surface area contributed by atoms with E-state index in [1.54, 1.807) is 22.9 Å². The van der Waals surface area contributed by atoms with E-state index in [0.717, 1.165) is 4.90 Å². The molecule has 2 aromatic heterocycles. The molecule has 0 fully saturated rings. The van der Waals surface area contributed by atoms with Crippen molar-refractivity contribution in [2.45, 2.75) is 24.8 Å². The number of carbonyl (C=O) groups is 1. The Balaban J connectivity index is 1.56. The Labute approximate surface area is 147 Å². The maximum Gasteiger partial charge on any atom is 0.322 e. The van der Waals surface area contributed by atoms with E-state index in [1.807, 2.05) is 20.0 Å². The number of hydrogen-bond acceptors (Lipinski definition) is 6. The van der Waals surface area contributed by atoms with Gasteiger partial charge in [-0.2, -0.15) is 5.10 Å². The fraction of sp³-hybridized carbons (Fsp3) is 0.250. The van der Waals surface area contributed by atoms with Gasteiger partial charge in [0.2, 0.25) is 5.91 Å². The highest BCUT2D eigenvalue weighted by Gasteiger charge is 2.14. The number of amides is 1. The molecule has 0 aliphatic heterocycles. The SMILES string of the molecule is CC(C)n1ccc(-c2nnc(NC(=O)CSc3ccc(F)cc3)o2)n1. The second-order valence-corrected chi connectivity index (χ2v) is 6.53. The number of benzene rings is 1. The van der Waals surface area contributed by atoms with Crippen LogP contribution >= 0.6 is 11.8 Å². The first-order valence-corrected chi connectivity index (χ1v) is 8.57. The van der Waals surface area contributed by atoms with E-state index in [-0.39, 0.29) is 35.4 Å². The largest absolute Gasteiger partial charge is 0.401 e. The lowest BCUT2D eigenvalue weighted by molar-refractivity contribution is -0.113. The minimum absolute atomic E-state index is 0.0128. The summed E-state index contributed by atoms with van der Waals surface area (Å²) in [5.41, 5.74) is 0.544. The van der Waals surface area contributed by atoms with E-state index in [2.05, 4.69) is 20.6 Å². The van der Waals surface area contributed by atoms with E-state index < -0.39 is 0 Å². The van der Waals surface area contributed by atoms with Crippen LogP contribution in [0.4, 0.5) is 10.4 Å². The number of carbonyl (C=O) groups excluding carboxylic acids is 1. The first-order chi connectivity index (χ1) is 12.0. The maximum absolute atomic E-state index is 12.8. The van der Waals surface area contributed by atoms with Crippen molar-refractivity contribution >= 4 is 23.7 Å². The summed E-state index contributed by atoms with van der Waals surface area (Å²) >= 11 is 1.28. The summed E-state index contributed by atoms with van der Waals surface area (Å²) in [6.07, 6.45) is 1.82. The van der Waals surface area contributed by atoms with Crippen molar-refractivity contribution < 1.29 is 13.6 Å². The molecule has 1 N–H and O–H groups in total. The average Bonchev–Trinajstić information content (AvgIpc) is 3.23. The monoisotopic (exact) mass is 361 g/mol. The first-order valence-electron chi connectivity index (χ1n) is 7.58. The molecule has 1 amide bonds. The molecule has 130 valence electrons. The van der Waals surface area contributed by atoms with Crippen molar-refractivity contribution in [3.63, 3.8) is 0 Å². The highest BCUT2D eigenvalue weighted by Crippen LogP contribution is 2.20. The smallest absolute Gasteiger partial charge is 0.322 e. The zero-order chi connectivity index (χ0) is 17.8. The molecule has 0 saturated carbocycles. The number of nitrogens with zero attached hydrogens (tertiary/aromatic N) is 4. The quantitative estimate of drug-likeness (QED) is 0.678. The van der Waals surface area contributed by atoms with E-state index in [4.69, 9.17) is 4.42 Å². The van der Waals surface area contributed by atoms with Gasteiger partial charge in [-0.3, -0.25) is 14.8 Å². The first kappa shape index (κ1) is 17.2. The van der Waals surface area contributed by atoms with Gasteiger partial charge in [0, 0.05) is 17.1 Å². The van der Waals surface area contributed by atoms with Crippen molar-refractivity contribution in [3.05, 3.63) is 42.3 Å². The molecule has 1 aromatic carbocycles. The fourth-order valence-electron chi connectivity index (χ4n) is 1.95. The Morgan fingerprint density at radius 3 is 2.72 bits per heavy atom. The number of anilines is 1. The summed E-state index contributed by atoms with van der Waals surface area (Å²) in [7, 11) is 0. The Bertz CT molecular complexity index is 860. The molecule has 3 aromatic rings. The standard InChI is InChI=1S/C16H16FN5O2S/c1-10(2)22-8-7-13(21-22)15-19-20-16(24-15)18-14(23)9-25-12-5-3-11(17)4-6-12/h3-8,10H,9H2,1-2H3,(H,18,20,23). The van der Waals surface area contributed by atoms with Gasteiger partial charge in [0.15, 0.2) is 0 Å². The summed E-state index contributed by atoms with van der Waals surface area (Å²) < 4.78 is 20.0. The van der Waals surface area contributed by atoms with Crippen LogP contribution in [0, 0.1) is 5.82 Å². The van der Waals surface area contributed by atoms with Crippen LogP contribution in [0.25, 0.3) is 11.6 Å². The molecular weight excluding hydrogens is 345 g/mol. The third kappa shape index (κ3) is 4.44. The molecule has 0 aliphatic carbocycles. The Hall–Kier alpha value is -2.68. The van der Waals surface area contributed by atoms with E-state index in [1.165, 1.54) is 23.9 Å². The maximum atomic E-state index is 12.8. The van der Waals surface area contributed by atoms with E-state index in [0.29, 0.717) is 5.69 Å². The van der Waals surface area contributed by atoms with Crippen molar-refractivity contribution in [2.24, 2.45) is 0 Å². The Kier molecular flexibility index (Phi) is 5.13. The number of rotatable bonds is 6. The van der Waals surface area contributed by atoms with Gasteiger partial charge in [-0.1, -0.05) is 5.10 Å². The van der Waals surface area contributed by atoms with Gasteiger partial charge in [-0.25, -0.2) is 4.39 Å². The molecule has 2 heterocycles. The highest BCUT2D eigenvalue weighted by atomic mass is 32.2. The number of nitrogens with one attached hydrogen (secondary N) is 1. The van der Waals surface area contributed by atoms with Crippen molar-refractivity contribution in [1.82, 2.24) is 20.0 Å². The lowest BCUT2D eigenvalue weighted by Crippen LogP contribution is -2.14. The summed E-state index contributed by atoms with van der Waals surface area (Å²) in [5, 5.41) is 14.5. The highest BCUT2D eigenvalue weighted by molar-refractivity contribution is 8.00. The van der Waals surface area contributed by atoms with Crippen LogP contribution in [0.1, 0.15) is 19.9 Å². The normalized spacial score (nSPS) is 11.0. The number of thioether (sulfide) groups is 1. The van der Waals surface area contributed by atoms with Crippen LogP contribution in [-0.4, -0.2) is 31.6 Å². The number of halogens is 1. The van der Waals surface area contributed by atoms with Crippen LogP contribution in [0.3, 0.4) is 0 Å². The predicted molar refractivity (Wildman–Crippen MR) is 91.7 cm³/mol. The van der Waals surface area contributed by atoms with E-state index >= 15 is 0 Å². The minimum atomic E-state index is -0.313. The second-order valence-electron chi connectivity index (χ2n) is 5.48. The third-order valence-corrected chi connectivity index (χ3v) is 4.22. The molecular formula is C16H16FN5O2S. The van der Waals surface area contributed by atoms with Crippen molar-refractivity contribution in [3.8, 4) is 11.6 Å². The Morgan fingerprint density at radius 2 is 2.04 bits per heavy atom. The average molecular weight is 361 g/mol. The molecule has 25 heavy (non-hydrogen) atoms. The van der Waals surface area contributed by atoms with Gasteiger partial charge in [0.1, 0.15) is 11.5 Å². The molecule has 0 saturated heterocycles. The molecule has 9 heteroatoms. The zero-order valence-electron chi connectivity index (χ0n) is 13.6. The molecule has 0 radical (unpaired) electrons. The van der Waals surface area contributed by atoms with Crippen LogP contribution < -0.4 is 5.32 Å². The lowest BCUT2D eigenvalue weighted by atomic mass is 10.4. The van der Waals surface area contributed by atoms with Crippen molar-refractivity contribution in [1.29, 1.82) is 0 Å². The molecule has 3 rings (SSSR count). The summed E-state index contributed by atoms with van der Waals surface area (Å²) in [5.74, 6) is -0.226. The molecule has 0 spiro atoms. The van der Waals surface area contributed by atoms with Crippen molar-refractivity contribution in [2.75, 3.05) is 11.1 Å². The molecule has 0 aliphatic rings. The van der Waals surface area contributed by atoms with Gasteiger partial charge in [-0.15, -0.1) is 16.9 Å². The summed E-state index contributed by atoms with van der Waals surface area (Å²) in [6, 6.07) is 7.93. The molecule has 0 unspecified atom stereocenters. The molecule has 0 bridgehead atoms. The Morgan fingerprint density at radius 1 is 1.28 bits per heavy atom. The van der Waals surface area contributed by atoms with E-state index in [9.17, 15) is 9.18 Å². The third-order valence-electron chi connectivity index (χ3n) is 3.21. The van der Waals surface area contributed by atoms with Crippen LogP contribution in [-0.2, 0) is 4.79 Å². The lowest BCUT2D eigenvalue weighted by Gasteiger charge is -2.02.